The van der Waals surface area contributed by atoms with Crippen molar-refractivity contribution in [1.29, 1.82) is 0 Å². The molecule has 0 aliphatic carbocycles. The van der Waals surface area contributed by atoms with Crippen LogP contribution in [0.5, 0.6) is 0 Å². The quantitative estimate of drug-likeness (QED) is 0.398. The van der Waals surface area contributed by atoms with Crippen LogP contribution >= 0.6 is 0 Å². The molecule has 5 nitrogen and oxygen atoms in total. The van der Waals surface area contributed by atoms with Gasteiger partial charge in [-0.05, 0) is 24.1 Å². The number of hydrogen-bond acceptors (Lipinski definition) is 5. The zero-order valence-corrected chi connectivity index (χ0v) is 16.2. The lowest BCUT2D eigenvalue weighted by atomic mass is 10.0. The number of anilines is 2. The zero-order chi connectivity index (χ0) is 21.3. The van der Waals surface area contributed by atoms with Crippen molar-refractivity contribution in [1.82, 2.24) is 4.98 Å². The minimum atomic E-state index is -4.50. The van der Waals surface area contributed by atoms with Crippen molar-refractivity contribution in [3.05, 3.63) is 77.4 Å². The van der Waals surface area contributed by atoms with Crippen LogP contribution in [0.15, 0.2) is 65.7 Å². The molecule has 3 aromatic rings. The maximum absolute atomic E-state index is 13.5. The summed E-state index contributed by atoms with van der Waals surface area (Å²) in [7, 11) is 0. The first-order valence-electron chi connectivity index (χ1n) is 9.50. The number of nitrogens with two attached hydrogens (primary N) is 1. The van der Waals surface area contributed by atoms with Gasteiger partial charge in [0.2, 0.25) is 0 Å². The zero-order valence-electron chi connectivity index (χ0n) is 16.2. The van der Waals surface area contributed by atoms with Crippen molar-refractivity contribution >= 4 is 17.3 Å². The average Bonchev–Trinajstić information content (AvgIpc) is 3.10. The van der Waals surface area contributed by atoms with E-state index in [-0.39, 0.29) is 17.3 Å². The number of aliphatic imine (C=N–C) groups is 1. The molecule has 1 aromatic heterocycles. The molecular formula is C22H20F3N5. The van der Waals surface area contributed by atoms with E-state index < -0.39 is 11.7 Å². The maximum atomic E-state index is 13.5. The van der Waals surface area contributed by atoms with Crippen LogP contribution < -0.4 is 16.6 Å². The number of nitrogens with one attached hydrogen (secondary N) is 2. The van der Waals surface area contributed by atoms with Gasteiger partial charge in [-0.25, -0.2) is 4.98 Å². The summed E-state index contributed by atoms with van der Waals surface area (Å²) in [6.07, 6.45) is -3.66. The fourth-order valence-electron chi connectivity index (χ4n) is 3.60. The Bertz CT molecular complexity index is 1110. The predicted molar refractivity (Wildman–Crippen MR) is 112 cm³/mol. The van der Waals surface area contributed by atoms with E-state index in [0.29, 0.717) is 17.3 Å². The number of hydrogen-bond donors (Lipinski definition) is 3. The van der Waals surface area contributed by atoms with Gasteiger partial charge in [0.1, 0.15) is 11.7 Å². The molecule has 0 bridgehead atoms. The molecule has 1 unspecified atom stereocenters. The summed E-state index contributed by atoms with van der Waals surface area (Å²) in [6, 6.07) is 16.3. The first kappa shape index (κ1) is 19.9. The van der Waals surface area contributed by atoms with Gasteiger partial charge in [-0.2, -0.15) is 13.2 Å². The molecular weight excluding hydrogens is 391 g/mol. The van der Waals surface area contributed by atoms with E-state index in [1.54, 1.807) is 12.1 Å². The molecule has 30 heavy (non-hydrogen) atoms. The number of halogens is 3. The topological polar surface area (TPSA) is 75.3 Å². The summed E-state index contributed by atoms with van der Waals surface area (Å²) in [6.45, 7) is 2.05. The Labute approximate surface area is 171 Å². The number of nitrogen functional groups attached to an aromatic ring is 1. The monoisotopic (exact) mass is 411 g/mol. The van der Waals surface area contributed by atoms with E-state index in [1.807, 2.05) is 24.3 Å². The molecule has 0 fully saturated rings. The molecule has 1 atom stereocenters. The average molecular weight is 411 g/mol. The lowest BCUT2D eigenvalue weighted by Gasteiger charge is -2.15. The third-order valence-corrected chi connectivity index (χ3v) is 4.99. The van der Waals surface area contributed by atoms with Gasteiger partial charge in [-0.1, -0.05) is 49.4 Å². The molecule has 0 radical (unpaired) electrons. The highest BCUT2D eigenvalue weighted by Crippen LogP contribution is 2.38. The standard InChI is InChI=1S/C22H20F3N5/c1-2-18-14-7-3-4-8-15(14)21(28-18)29-20-12-13(30-26)11-19(27-20)16-9-5-6-10-17(16)22(23,24)25/h3-12,18H,2,26H2,1H3,(H2,27,28,29,30). The summed E-state index contributed by atoms with van der Waals surface area (Å²) >= 11 is 0. The molecule has 4 N–H and O–H groups in total. The summed E-state index contributed by atoms with van der Waals surface area (Å²) in [5.41, 5.74) is 4.36. The fourth-order valence-corrected chi connectivity index (χ4v) is 3.60. The van der Waals surface area contributed by atoms with E-state index in [9.17, 15) is 13.2 Å². The van der Waals surface area contributed by atoms with Crippen LogP contribution in [0.4, 0.5) is 24.7 Å². The van der Waals surface area contributed by atoms with E-state index >= 15 is 0 Å². The third-order valence-electron chi connectivity index (χ3n) is 4.99. The highest BCUT2D eigenvalue weighted by molar-refractivity contribution is 6.11. The van der Waals surface area contributed by atoms with Gasteiger partial charge in [-0.3, -0.25) is 10.8 Å². The third kappa shape index (κ3) is 3.73. The summed E-state index contributed by atoms with van der Waals surface area (Å²) in [5, 5.41) is 3.17. The molecule has 0 spiro atoms. The number of hydrazine groups is 1. The van der Waals surface area contributed by atoms with Gasteiger partial charge in [0, 0.05) is 17.2 Å². The van der Waals surface area contributed by atoms with Gasteiger partial charge in [0.05, 0.1) is 23.0 Å². The number of fused-ring (bicyclic) bond motifs is 1. The number of amidine groups is 1. The molecule has 0 saturated heterocycles. The molecule has 2 heterocycles. The van der Waals surface area contributed by atoms with Crippen molar-refractivity contribution in [2.24, 2.45) is 10.8 Å². The summed E-state index contributed by atoms with van der Waals surface area (Å²) in [5.74, 6) is 6.54. The van der Waals surface area contributed by atoms with Crippen molar-refractivity contribution in [3.63, 3.8) is 0 Å². The molecule has 0 saturated carbocycles. The van der Waals surface area contributed by atoms with Crippen LogP contribution in [0, 0.1) is 0 Å². The molecule has 154 valence electrons. The number of nitrogens with zero attached hydrogens (tertiary/aromatic N) is 2. The second-order valence-electron chi connectivity index (χ2n) is 6.93. The van der Waals surface area contributed by atoms with E-state index in [2.05, 4.69) is 22.7 Å². The van der Waals surface area contributed by atoms with E-state index in [0.717, 1.165) is 23.6 Å². The number of pyridine rings is 1. The molecule has 4 rings (SSSR count). The lowest BCUT2D eigenvalue weighted by Crippen LogP contribution is -2.15. The highest BCUT2D eigenvalue weighted by Gasteiger charge is 2.34. The second kappa shape index (κ2) is 7.79. The maximum Gasteiger partial charge on any atom is 0.417 e. The van der Waals surface area contributed by atoms with Crippen LogP contribution in [-0.2, 0) is 6.18 Å². The molecule has 0 amide bonds. The Morgan fingerprint density at radius 1 is 1.00 bits per heavy atom. The number of benzene rings is 2. The fraction of sp³-hybridized carbons (Fsp3) is 0.182. The SMILES string of the molecule is CCC1N=C(Nc2cc(NN)cc(-c3ccccc3C(F)(F)F)n2)c2ccccc21. The minimum Gasteiger partial charge on any atom is -0.325 e. The minimum absolute atomic E-state index is 0.0228. The highest BCUT2D eigenvalue weighted by atomic mass is 19.4. The lowest BCUT2D eigenvalue weighted by molar-refractivity contribution is -0.137. The Balaban J connectivity index is 1.76. The predicted octanol–water partition coefficient (Wildman–Crippen LogP) is 5.38. The van der Waals surface area contributed by atoms with Crippen LogP contribution in [0.3, 0.4) is 0 Å². The van der Waals surface area contributed by atoms with Crippen LogP contribution in [-0.4, -0.2) is 10.8 Å². The second-order valence-corrected chi connectivity index (χ2v) is 6.93. The van der Waals surface area contributed by atoms with Gasteiger partial charge < -0.3 is 10.7 Å². The van der Waals surface area contributed by atoms with Crippen molar-refractivity contribution in [3.8, 4) is 11.3 Å². The van der Waals surface area contributed by atoms with E-state index in [4.69, 9.17) is 10.8 Å². The van der Waals surface area contributed by atoms with Crippen LogP contribution in [0.2, 0.25) is 0 Å². The Hall–Kier alpha value is -3.39. The first-order chi connectivity index (χ1) is 14.4. The van der Waals surface area contributed by atoms with Gasteiger partial charge >= 0.3 is 6.18 Å². The normalized spacial score (nSPS) is 15.5. The number of alkyl halides is 3. The van der Waals surface area contributed by atoms with E-state index in [1.165, 1.54) is 18.2 Å². The number of aromatic nitrogens is 1. The largest absolute Gasteiger partial charge is 0.417 e. The molecule has 8 heteroatoms. The first-order valence-corrected chi connectivity index (χ1v) is 9.50. The van der Waals surface area contributed by atoms with Crippen molar-refractivity contribution < 1.29 is 13.2 Å². The molecule has 1 aliphatic rings. The van der Waals surface area contributed by atoms with Crippen molar-refractivity contribution in [2.75, 3.05) is 10.7 Å². The smallest absolute Gasteiger partial charge is 0.325 e. The van der Waals surface area contributed by atoms with Gasteiger partial charge in [0.25, 0.3) is 0 Å². The van der Waals surface area contributed by atoms with Gasteiger partial charge in [-0.15, -0.1) is 0 Å². The van der Waals surface area contributed by atoms with Crippen LogP contribution in [0.1, 0.15) is 36.1 Å². The summed E-state index contributed by atoms with van der Waals surface area (Å²) in [4.78, 5) is 9.14. The van der Waals surface area contributed by atoms with Crippen LogP contribution in [0.25, 0.3) is 11.3 Å². The Morgan fingerprint density at radius 2 is 1.70 bits per heavy atom. The summed E-state index contributed by atoms with van der Waals surface area (Å²) < 4.78 is 40.5. The van der Waals surface area contributed by atoms with Crippen molar-refractivity contribution in [2.45, 2.75) is 25.6 Å². The molecule has 1 aliphatic heterocycles. The Morgan fingerprint density at radius 3 is 2.40 bits per heavy atom. The Kier molecular flexibility index (Phi) is 5.17. The number of rotatable bonds is 4. The van der Waals surface area contributed by atoms with Gasteiger partial charge in [0.15, 0.2) is 0 Å². The molecule has 2 aromatic carbocycles.